The van der Waals surface area contributed by atoms with Gasteiger partial charge in [-0.25, -0.2) is 0 Å². The van der Waals surface area contributed by atoms with E-state index in [0.717, 1.165) is 42.2 Å². The molecule has 1 aliphatic rings. The van der Waals surface area contributed by atoms with Gasteiger partial charge in [0.25, 0.3) is 0 Å². The molecular formula is C12H19N3OS. The van der Waals surface area contributed by atoms with Gasteiger partial charge in [0.1, 0.15) is 5.82 Å². The summed E-state index contributed by atoms with van der Waals surface area (Å²) in [5, 5.41) is 4.34. The molecule has 0 saturated carbocycles. The second kappa shape index (κ2) is 4.37. The van der Waals surface area contributed by atoms with Crippen LogP contribution in [-0.4, -0.2) is 39.7 Å². The number of carbonyl (C=O) groups is 1. The Morgan fingerprint density at radius 3 is 2.76 bits per heavy atom. The van der Waals surface area contributed by atoms with Crippen LogP contribution in [0.25, 0.3) is 0 Å². The highest BCUT2D eigenvalue weighted by molar-refractivity contribution is 8.00. The second-order valence-corrected chi connectivity index (χ2v) is 6.90. The topological polar surface area (TPSA) is 38.1 Å². The summed E-state index contributed by atoms with van der Waals surface area (Å²) in [4.78, 5) is 13.5. The standard InChI is InChI=1S/C12H19N3OS/c1-9-10(7-16)11(14(4)13-9)15-5-6-17-12(2,3)8-15/h7H,5-6,8H2,1-4H3. The van der Waals surface area contributed by atoms with Crippen LogP contribution in [0.2, 0.25) is 0 Å². The third kappa shape index (κ3) is 2.34. The van der Waals surface area contributed by atoms with Gasteiger partial charge in [-0.3, -0.25) is 9.48 Å². The molecule has 94 valence electrons. The van der Waals surface area contributed by atoms with Crippen molar-refractivity contribution in [3.63, 3.8) is 0 Å². The van der Waals surface area contributed by atoms with Crippen molar-refractivity contribution < 1.29 is 4.79 Å². The number of thioether (sulfide) groups is 1. The van der Waals surface area contributed by atoms with Crippen molar-refractivity contribution in [1.82, 2.24) is 9.78 Å². The fourth-order valence-corrected chi connectivity index (χ4v) is 3.48. The lowest BCUT2D eigenvalue weighted by molar-refractivity contribution is 0.112. The Balaban J connectivity index is 2.36. The zero-order valence-corrected chi connectivity index (χ0v) is 11.7. The number of nitrogens with zero attached hydrogens (tertiary/aromatic N) is 3. The number of aryl methyl sites for hydroxylation is 2. The van der Waals surface area contributed by atoms with E-state index in [9.17, 15) is 4.79 Å². The third-order valence-electron chi connectivity index (χ3n) is 3.08. The van der Waals surface area contributed by atoms with Crippen molar-refractivity contribution in [2.45, 2.75) is 25.5 Å². The van der Waals surface area contributed by atoms with Crippen LogP contribution in [0, 0.1) is 6.92 Å². The van der Waals surface area contributed by atoms with Gasteiger partial charge in [-0.15, -0.1) is 0 Å². The molecule has 0 spiro atoms. The number of aldehydes is 1. The highest BCUT2D eigenvalue weighted by atomic mass is 32.2. The lowest BCUT2D eigenvalue weighted by Crippen LogP contribution is -2.44. The molecule has 1 aromatic heterocycles. The van der Waals surface area contributed by atoms with Crippen molar-refractivity contribution in [2.75, 3.05) is 23.7 Å². The van der Waals surface area contributed by atoms with Crippen molar-refractivity contribution in [3.8, 4) is 0 Å². The average molecular weight is 253 g/mol. The maximum absolute atomic E-state index is 11.2. The quantitative estimate of drug-likeness (QED) is 0.754. The average Bonchev–Trinajstić information content (AvgIpc) is 2.51. The maximum atomic E-state index is 11.2. The molecule has 0 aromatic carbocycles. The van der Waals surface area contributed by atoms with Crippen molar-refractivity contribution in [1.29, 1.82) is 0 Å². The molecule has 0 amide bonds. The second-order valence-electron chi connectivity index (χ2n) is 5.09. The van der Waals surface area contributed by atoms with Gasteiger partial charge in [-0.2, -0.15) is 16.9 Å². The van der Waals surface area contributed by atoms with Gasteiger partial charge in [0.2, 0.25) is 0 Å². The van der Waals surface area contributed by atoms with E-state index in [1.165, 1.54) is 0 Å². The molecule has 0 radical (unpaired) electrons. The van der Waals surface area contributed by atoms with E-state index in [4.69, 9.17) is 0 Å². The van der Waals surface area contributed by atoms with Gasteiger partial charge < -0.3 is 4.90 Å². The lowest BCUT2D eigenvalue weighted by atomic mass is 10.1. The zero-order valence-electron chi connectivity index (χ0n) is 10.9. The summed E-state index contributed by atoms with van der Waals surface area (Å²) in [7, 11) is 1.91. The van der Waals surface area contributed by atoms with Crippen molar-refractivity contribution in [2.24, 2.45) is 7.05 Å². The van der Waals surface area contributed by atoms with Crippen LogP contribution in [0.4, 0.5) is 5.82 Å². The highest BCUT2D eigenvalue weighted by Gasteiger charge is 2.30. The highest BCUT2D eigenvalue weighted by Crippen LogP contribution is 2.33. The summed E-state index contributed by atoms with van der Waals surface area (Å²) in [6, 6.07) is 0. The normalized spacial score (nSPS) is 19.4. The molecule has 4 nitrogen and oxygen atoms in total. The van der Waals surface area contributed by atoms with E-state index >= 15 is 0 Å². The number of aromatic nitrogens is 2. The molecule has 0 aliphatic carbocycles. The molecule has 1 aromatic rings. The van der Waals surface area contributed by atoms with Crippen molar-refractivity contribution in [3.05, 3.63) is 11.3 Å². The van der Waals surface area contributed by atoms with Gasteiger partial charge in [0.05, 0.1) is 11.3 Å². The Hall–Kier alpha value is -0.970. The van der Waals surface area contributed by atoms with E-state index in [2.05, 4.69) is 23.8 Å². The first-order chi connectivity index (χ1) is 7.94. The van der Waals surface area contributed by atoms with Crippen LogP contribution >= 0.6 is 11.8 Å². The summed E-state index contributed by atoms with van der Waals surface area (Å²) in [6.45, 7) is 8.31. The fraction of sp³-hybridized carbons (Fsp3) is 0.667. The molecule has 0 atom stereocenters. The van der Waals surface area contributed by atoms with Gasteiger partial charge in [-0.1, -0.05) is 0 Å². The minimum Gasteiger partial charge on any atom is -0.354 e. The number of hydrogen-bond acceptors (Lipinski definition) is 4. The molecule has 0 bridgehead atoms. The molecule has 1 aliphatic heterocycles. The Bertz CT molecular complexity index is 439. The summed E-state index contributed by atoms with van der Waals surface area (Å²) < 4.78 is 2.06. The van der Waals surface area contributed by atoms with E-state index in [1.807, 2.05) is 30.4 Å². The minimum absolute atomic E-state index is 0.233. The summed E-state index contributed by atoms with van der Waals surface area (Å²) in [5.41, 5.74) is 1.55. The summed E-state index contributed by atoms with van der Waals surface area (Å²) in [5.74, 6) is 2.06. The van der Waals surface area contributed by atoms with Crippen LogP contribution in [0.1, 0.15) is 29.9 Å². The van der Waals surface area contributed by atoms with E-state index < -0.39 is 0 Å². The molecule has 2 rings (SSSR count). The molecule has 1 saturated heterocycles. The molecule has 0 N–H and O–H groups in total. The number of anilines is 1. The Labute approximate surface area is 106 Å². The van der Waals surface area contributed by atoms with Crippen LogP contribution in [0.3, 0.4) is 0 Å². The molecule has 0 unspecified atom stereocenters. The summed E-state index contributed by atoms with van der Waals surface area (Å²) >= 11 is 1.99. The molecular weight excluding hydrogens is 234 g/mol. The lowest BCUT2D eigenvalue weighted by Gasteiger charge is -2.38. The predicted molar refractivity (Wildman–Crippen MR) is 72.1 cm³/mol. The van der Waals surface area contributed by atoms with Gasteiger partial charge in [-0.05, 0) is 20.8 Å². The SMILES string of the molecule is Cc1nn(C)c(N2CCSC(C)(C)C2)c1C=O. The molecule has 17 heavy (non-hydrogen) atoms. The Morgan fingerprint density at radius 1 is 1.47 bits per heavy atom. The number of hydrogen-bond donors (Lipinski definition) is 0. The number of carbonyl (C=O) groups excluding carboxylic acids is 1. The Morgan fingerprint density at radius 2 is 2.18 bits per heavy atom. The molecule has 5 heteroatoms. The Kier molecular flexibility index (Phi) is 3.21. The summed E-state index contributed by atoms with van der Waals surface area (Å²) in [6.07, 6.45) is 0.923. The zero-order chi connectivity index (χ0) is 12.6. The smallest absolute Gasteiger partial charge is 0.155 e. The molecule has 2 heterocycles. The fourth-order valence-electron chi connectivity index (χ4n) is 2.37. The van der Waals surface area contributed by atoms with Crippen LogP contribution in [-0.2, 0) is 7.05 Å². The minimum atomic E-state index is 0.233. The van der Waals surface area contributed by atoms with E-state index in [0.29, 0.717) is 0 Å². The predicted octanol–water partition coefficient (Wildman–Crippen LogP) is 1.87. The largest absolute Gasteiger partial charge is 0.354 e. The first-order valence-electron chi connectivity index (χ1n) is 5.82. The first kappa shape index (κ1) is 12.5. The molecule has 1 fully saturated rings. The van der Waals surface area contributed by atoms with Gasteiger partial charge in [0.15, 0.2) is 6.29 Å². The van der Waals surface area contributed by atoms with Crippen LogP contribution < -0.4 is 4.90 Å². The van der Waals surface area contributed by atoms with Gasteiger partial charge >= 0.3 is 0 Å². The number of rotatable bonds is 2. The van der Waals surface area contributed by atoms with E-state index in [-0.39, 0.29) is 4.75 Å². The van der Waals surface area contributed by atoms with E-state index in [1.54, 1.807) is 0 Å². The van der Waals surface area contributed by atoms with Crippen LogP contribution in [0.5, 0.6) is 0 Å². The maximum Gasteiger partial charge on any atom is 0.155 e. The van der Waals surface area contributed by atoms with Crippen LogP contribution in [0.15, 0.2) is 0 Å². The monoisotopic (exact) mass is 253 g/mol. The third-order valence-corrected chi connectivity index (χ3v) is 4.38. The van der Waals surface area contributed by atoms with Gasteiger partial charge in [0, 0.05) is 30.6 Å². The first-order valence-corrected chi connectivity index (χ1v) is 6.81. The van der Waals surface area contributed by atoms with Crippen molar-refractivity contribution >= 4 is 23.9 Å².